The number of methoxy groups -OCH3 is 3. The molecule has 6 heteroatoms. The van der Waals surface area contributed by atoms with Crippen molar-refractivity contribution in [2.45, 2.75) is 0 Å². The molecule has 0 amide bonds. The maximum atomic E-state index is 12.9. The standard InChI is InChI=1S/C17H18N2O4/c1-19-12-8-14(22-3)11(18)7-10(12)17(20)16-13(19)5-9(21-2)6-15(16)23-4/h5-8H,18H2,1-4H3. The largest absolute Gasteiger partial charge is 0.497 e. The van der Waals surface area contributed by atoms with E-state index < -0.39 is 0 Å². The van der Waals surface area contributed by atoms with Crippen LogP contribution in [0.2, 0.25) is 0 Å². The van der Waals surface area contributed by atoms with Crippen molar-refractivity contribution < 1.29 is 14.2 Å². The zero-order chi connectivity index (χ0) is 16.7. The van der Waals surface area contributed by atoms with Crippen molar-refractivity contribution >= 4 is 27.5 Å². The van der Waals surface area contributed by atoms with E-state index in [2.05, 4.69) is 0 Å². The van der Waals surface area contributed by atoms with E-state index in [1.165, 1.54) is 7.11 Å². The smallest absolute Gasteiger partial charge is 0.201 e. The van der Waals surface area contributed by atoms with Crippen LogP contribution >= 0.6 is 0 Å². The molecular weight excluding hydrogens is 296 g/mol. The summed E-state index contributed by atoms with van der Waals surface area (Å²) < 4.78 is 17.8. The van der Waals surface area contributed by atoms with Crippen LogP contribution in [0.4, 0.5) is 5.69 Å². The third kappa shape index (κ3) is 2.14. The third-order valence-corrected chi connectivity index (χ3v) is 4.05. The van der Waals surface area contributed by atoms with Crippen molar-refractivity contribution in [3.63, 3.8) is 0 Å². The fourth-order valence-electron chi connectivity index (χ4n) is 2.83. The van der Waals surface area contributed by atoms with Gasteiger partial charge in [-0.25, -0.2) is 0 Å². The third-order valence-electron chi connectivity index (χ3n) is 4.05. The second kappa shape index (κ2) is 5.39. The van der Waals surface area contributed by atoms with Crippen molar-refractivity contribution in [2.24, 2.45) is 7.05 Å². The van der Waals surface area contributed by atoms with E-state index in [1.54, 1.807) is 32.4 Å². The second-order valence-corrected chi connectivity index (χ2v) is 5.22. The van der Waals surface area contributed by atoms with Crippen LogP contribution in [0.5, 0.6) is 17.2 Å². The zero-order valence-corrected chi connectivity index (χ0v) is 13.5. The van der Waals surface area contributed by atoms with E-state index in [4.69, 9.17) is 19.9 Å². The van der Waals surface area contributed by atoms with Crippen LogP contribution in [0.25, 0.3) is 21.8 Å². The van der Waals surface area contributed by atoms with Gasteiger partial charge in [-0.1, -0.05) is 0 Å². The van der Waals surface area contributed by atoms with Crippen LogP contribution < -0.4 is 25.4 Å². The van der Waals surface area contributed by atoms with E-state index in [-0.39, 0.29) is 5.43 Å². The number of aryl methyl sites for hydroxylation is 1. The molecule has 0 aliphatic carbocycles. The van der Waals surface area contributed by atoms with Gasteiger partial charge < -0.3 is 24.5 Å². The molecule has 2 N–H and O–H groups in total. The summed E-state index contributed by atoms with van der Waals surface area (Å²) in [5.74, 6) is 1.61. The van der Waals surface area contributed by atoms with Gasteiger partial charge in [-0.05, 0) is 6.07 Å². The minimum absolute atomic E-state index is 0.137. The molecule has 0 unspecified atom stereocenters. The van der Waals surface area contributed by atoms with Crippen LogP contribution in [0.1, 0.15) is 0 Å². The Labute approximate surface area is 133 Å². The van der Waals surface area contributed by atoms with Gasteiger partial charge in [-0.3, -0.25) is 4.79 Å². The Hall–Kier alpha value is -2.89. The van der Waals surface area contributed by atoms with Crippen molar-refractivity contribution in [3.8, 4) is 17.2 Å². The normalized spacial score (nSPS) is 11.0. The number of hydrogen-bond acceptors (Lipinski definition) is 5. The average Bonchev–Trinajstić information content (AvgIpc) is 2.58. The molecule has 0 spiro atoms. The number of aromatic nitrogens is 1. The van der Waals surface area contributed by atoms with Crippen molar-refractivity contribution in [1.29, 1.82) is 0 Å². The number of rotatable bonds is 3. The number of pyridine rings is 1. The quantitative estimate of drug-likeness (QED) is 0.593. The molecule has 1 heterocycles. The summed E-state index contributed by atoms with van der Waals surface area (Å²) in [7, 11) is 6.52. The highest BCUT2D eigenvalue weighted by molar-refractivity contribution is 5.99. The van der Waals surface area contributed by atoms with Crippen LogP contribution in [-0.2, 0) is 7.05 Å². The fraction of sp³-hybridized carbons (Fsp3) is 0.235. The SMILES string of the molecule is COc1cc(OC)c2c(=O)c3cc(N)c(OC)cc3n(C)c2c1. The van der Waals surface area contributed by atoms with Gasteiger partial charge in [0.1, 0.15) is 17.2 Å². The summed E-state index contributed by atoms with van der Waals surface area (Å²) in [6.07, 6.45) is 0. The molecule has 23 heavy (non-hydrogen) atoms. The Bertz CT molecular complexity index is 976. The van der Waals surface area contributed by atoms with Gasteiger partial charge in [-0.15, -0.1) is 0 Å². The Balaban J connectivity index is 2.58. The molecule has 0 radical (unpaired) electrons. The van der Waals surface area contributed by atoms with E-state index in [0.29, 0.717) is 39.2 Å². The Morgan fingerprint density at radius 1 is 0.913 bits per heavy atom. The molecule has 6 nitrogen and oxygen atoms in total. The summed E-state index contributed by atoms with van der Waals surface area (Å²) in [6, 6.07) is 6.90. The molecule has 120 valence electrons. The van der Waals surface area contributed by atoms with Gasteiger partial charge in [0.05, 0.1) is 43.4 Å². The predicted molar refractivity (Wildman–Crippen MR) is 90.8 cm³/mol. The Morgan fingerprint density at radius 2 is 1.61 bits per heavy atom. The van der Waals surface area contributed by atoms with E-state index in [9.17, 15) is 4.79 Å². The van der Waals surface area contributed by atoms with Crippen molar-refractivity contribution in [3.05, 3.63) is 34.5 Å². The number of ether oxygens (including phenoxy) is 3. The van der Waals surface area contributed by atoms with Gasteiger partial charge in [0.25, 0.3) is 0 Å². The molecule has 0 fully saturated rings. The first kappa shape index (κ1) is 15.0. The number of hydrogen-bond donors (Lipinski definition) is 1. The van der Waals surface area contributed by atoms with Crippen molar-refractivity contribution in [1.82, 2.24) is 4.57 Å². The van der Waals surface area contributed by atoms with Gasteiger partial charge in [0.2, 0.25) is 5.43 Å². The minimum atomic E-state index is -0.137. The lowest BCUT2D eigenvalue weighted by atomic mass is 10.1. The lowest BCUT2D eigenvalue weighted by Gasteiger charge is -2.15. The van der Waals surface area contributed by atoms with Crippen LogP contribution in [-0.4, -0.2) is 25.9 Å². The van der Waals surface area contributed by atoms with Crippen LogP contribution in [0.15, 0.2) is 29.1 Å². The molecule has 0 aliphatic rings. The lowest BCUT2D eigenvalue weighted by molar-refractivity contribution is 0.397. The van der Waals surface area contributed by atoms with Gasteiger partial charge in [0.15, 0.2) is 0 Å². The number of fused-ring (bicyclic) bond motifs is 2. The van der Waals surface area contributed by atoms with E-state index in [1.807, 2.05) is 17.7 Å². The predicted octanol–water partition coefficient (Wildman–Crippen LogP) is 2.30. The summed E-state index contributed by atoms with van der Waals surface area (Å²) >= 11 is 0. The average molecular weight is 314 g/mol. The van der Waals surface area contributed by atoms with Crippen LogP contribution in [0, 0.1) is 0 Å². The minimum Gasteiger partial charge on any atom is -0.497 e. The number of nitrogen functional groups attached to an aromatic ring is 1. The second-order valence-electron chi connectivity index (χ2n) is 5.22. The first-order valence-electron chi connectivity index (χ1n) is 7.03. The molecule has 0 saturated heterocycles. The lowest BCUT2D eigenvalue weighted by Crippen LogP contribution is -2.11. The molecule has 3 aromatic rings. The molecule has 2 aromatic carbocycles. The number of nitrogens with two attached hydrogens (primary N) is 1. The Morgan fingerprint density at radius 3 is 2.22 bits per heavy atom. The monoisotopic (exact) mass is 314 g/mol. The molecular formula is C17H18N2O4. The fourth-order valence-corrected chi connectivity index (χ4v) is 2.83. The maximum Gasteiger partial charge on any atom is 0.201 e. The zero-order valence-electron chi connectivity index (χ0n) is 13.5. The first-order chi connectivity index (χ1) is 11.0. The summed E-state index contributed by atoms with van der Waals surface area (Å²) in [5.41, 5.74) is 7.67. The Kier molecular flexibility index (Phi) is 3.52. The van der Waals surface area contributed by atoms with Gasteiger partial charge in [0, 0.05) is 30.6 Å². The van der Waals surface area contributed by atoms with Gasteiger partial charge >= 0.3 is 0 Å². The summed E-state index contributed by atoms with van der Waals surface area (Å²) in [4.78, 5) is 12.9. The number of benzene rings is 2. The van der Waals surface area contributed by atoms with Crippen LogP contribution in [0.3, 0.4) is 0 Å². The highest BCUT2D eigenvalue weighted by Gasteiger charge is 2.16. The van der Waals surface area contributed by atoms with Crippen molar-refractivity contribution in [2.75, 3.05) is 27.1 Å². The highest BCUT2D eigenvalue weighted by Crippen LogP contribution is 2.33. The summed E-state index contributed by atoms with van der Waals surface area (Å²) in [5, 5.41) is 1.01. The van der Waals surface area contributed by atoms with E-state index in [0.717, 1.165) is 5.52 Å². The van der Waals surface area contributed by atoms with Gasteiger partial charge in [-0.2, -0.15) is 0 Å². The first-order valence-corrected chi connectivity index (χ1v) is 7.03. The molecule has 1 aromatic heterocycles. The molecule has 0 bridgehead atoms. The highest BCUT2D eigenvalue weighted by atomic mass is 16.5. The topological polar surface area (TPSA) is 75.7 Å². The molecule has 0 atom stereocenters. The summed E-state index contributed by atoms with van der Waals surface area (Å²) in [6.45, 7) is 0. The number of nitrogens with zero attached hydrogens (tertiary/aromatic N) is 1. The van der Waals surface area contributed by atoms with E-state index >= 15 is 0 Å². The maximum absolute atomic E-state index is 12.9. The molecule has 3 rings (SSSR count). The molecule has 0 aliphatic heterocycles. The molecule has 0 saturated carbocycles. The number of anilines is 1.